The van der Waals surface area contributed by atoms with E-state index in [0.29, 0.717) is 34.8 Å². The van der Waals surface area contributed by atoms with E-state index in [2.05, 4.69) is 10.9 Å². The monoisotopic (exact) mass is 430 g/mol. The van der Waals surface area contributed by atoms with Crippen molar-refractivity contribution in [2.75, 3.05) is 12.9 Å². The number of benzene rings is 1. The van der Waals surface area contributed by atoms with Crippen molar-refractivity contribution >= 4 is 29.4 Å². The number of hydrazine groups is 1. The van der Waals surface area contributed by atoms with Gasteiger partial charge < -0.3 is 4.74 Å². The Kier molecular flexibility index (Phi) is 6.09. The molecule has 4 aliphatic carbocycles. The number of ketones is 1. The molecule has 0 spiro atoms. The van der Waals surface area contributed by atoms with E-state index in [1.54, 1.807) is 25.3 Å². The first kappa shape index (κ1) is 21.2. The van der Waals surface area contributed by atoms with Crippen LogP contribution in [0, 0.1) is 23.2 Å². The number of nitrogens with one attached hydrogen (secondary N) is 2. The minimum Gasteiger partial charge on any atom is -0.496 e. The molecule has 1 aromatic rings. The number of ether oxygens (including phenoxy) is 1. The Bertz CT molecular complexity index is 818. The first-order chi connectivity index (χ1) is 14.4. The lowest BCUT2D eigenvalue weighted by atomic mass is 9.49. The molecule has 2 amide bonds. The summed E-state index contributed by atoms with van der Waals surface area (Å²) in [5, 5.41) is 0. The van der Waals surface area contributed by atoms with Crippen molar-refractivity contribution in [2.45, 2.75) is 51.2 Å². The third kappa shape index (κ3) is 4.36. The Morgan fingerprint density at radius 1 is 1.07 bits per heavy atom. The highest BCUT2D eigenvalue weighted by molar-refractivity contribution is 7.99. The first-order valence-corrected chi connectivity index (χ1v) is 11.9. The highest BCUT2D eigenvalue weighted by Crippen LogP contribution is 2.60. The van der Waals surface area contributed by atoms with Crippen molar-refractivity contribution in [1.29, 1.82) is 0 Å². The van der Waals surface area contributed by atoms with E-state index in [4.69, 9.17) is 4.74 Å². The van der Waals surface area contributed by atoms with Gasteiger partial charge in [0.05, 0.1) is 18.3 Å². The molecule has 0 radical (unpaired) electrons. The van der Waals surface area contributed by atoms with Crippen LogP contribution in [0.2, 0.25) is 0 Å². The second-order valence-electron chi connectivity index (χ2n) is 9.28. The molecule has 0 saturated heterocycles. The Morgan fingerprint density at radius 2 is 1.70 bits per heavy atom. The van der Waals surface area contributed by atoms with Crippen LogP contribution >= 0.6 is 11.8 Å². The van der Waals surface area contributed by atoms with Gasteiger partial charge in [-0.25, -0.2) is 0 Å². The average Bonchev–Trinajstić information content (AvgIpc) is 2.70. The third-order valence-corrected chi connectivity index (χ3v) is 7.99. The fraction of sp³-hybridized carbons (Fsp3) is 0.609. The van der Waals surface area contributed by atoms with E-state index in [1.807, 2.05) is 0 Å². The predicted molar refractivity (Wildman–Crippen MR) is 116 cm³/mol. The smallest absolute Gasteiger partial charge is 0.248 e. The number of carbonyl (C=O) groups excluding carboxylic acids is 3. The molecule has 0 aliphatic heterocycles. The summed E-state index contributed by atoms with van der Waals surface area (Å²) in [6, 6.07) is 5.32. The molecule has 5 rings (SSSR count). The summed E-state index contributed by atoms with van der Waals surface area (Å²) in [4.78, 5) is 36.8. The lowest BCUT2D eigenvalue weighted by Crippen LogP contribution is -2.56. The van der Waals surface area contributed by atoms with E-state index < -0.39 is 0 Å². The van der Waals surface area contributed by atoms with Crippen molar-refractivity contribution in [3.63, 3.8) is 0 Å². The molecule has 4 saturated carbocycles. The Labute approximate surface area is 181 Å². The van der Waals surface area contributed by atoms with Gasteiger partial charge in [-0.05, 0) is 81.4 Å². The number of amides is 2. The van der Waals surface area contributed by atoms with Crippen LogP contribution in [0.15, 0.2) is 18.2 Å². The zero-order valence-electron chi connectivity index (χ0n) is 17.7. The zero-order valence-corrected chi connectivity index (χ0v) is 18.5. The quantitative estimate of drug-likeness (QED) is 0.511. The van der Waals surface area contributed by atoms with Gasteiger partial charge in [0.25, 0.3) is 0 Å². The van der Waals surface area contributed by atoms with E-state index in [9.17, 15) is 14.4 Å². The highest BCUT2D eigenvalue weighted by Gasteiger charge is 2.54. The number of Topliss-reactive ketones (excluding diaryl/α,β-unsaturated/α-hetero) is 1. The number of hydrogen-bond donors (Lipinski definition) is 2. The molecule has 162 valence electrons. The van der Waals surface area contributed by atoms with Crippen LogP contribution in [0.5, 0.6) is 5.75 Å². The van der Waals surface area contributed by atoms with Gasteiger partial charge >= 0.3 is 0 Å². The second-order valence-corrected chi connectivity index (χ2v) is 10.3. The topological polar surface area (TPSA) is 84.5 Å². The largest absolute Gasteiger partial charge is 0.496 e. The maximum absolute atomic E-state index is 12.9. The molecule has 1 aromatic carbocycles. The van der Waals surface area contributed by atoms with Gasteiger partial charge in [-0.15, -0.1) is 11.8 Å². The van der Waals surface area contributed by atoms with E-state index in [-0.39, 0.29) is 28.8 Å². The number of rotatable bonds is 7. The van der Waals surface area contributed by atoms with Gasteiger partial charge in [0, 0.05) is 16.9 Å². The van der Waals surface area contributed by atoms with Crippen molar-refractivity contribution in [1.82, 2.24) is 10.9 Å². The molecular formula is C23H30N2O4S. The van der Waals surface area contributed by atoms with Crippen LogP contribution in [-0.4, -0.2) is 30.5 Å². The molecule has 4 bridgehead atoms. The van der Waals surface area contributed by atoms with Crippen molar-refractivity contribution < 1.29 is 19.1 Å². The van der Waals surface area contributed by atoms with Gasteiger partial charge in [-0.3, -0.25) is 25.2 Å². The van der Waals surface area contributed by atoms with Crippen molar-refractivity contribution in [2.24, 2.45) is 23.2 Å². The Balaban J connectivity index is 1.25. The van der Waals surface area contributed by atoms with E-state index in [1.165, 1.54) is 37.9 Å². The molecule has 7 heteroatoms. The first-order valence-electron chi connectivity index (χ1n) is 10.7. The summed E-state index contributed by atoms with van der Waals surface area (Å²) in [7, 11) is 1.59. The lowest BCUT2D eigenvalue weighted by molar-refractivity contribution is -0.148. The fourth-order valence-electron chi connectivity index (χ4n) is 6.05. The minimum absolute atomic E-state index is 0.00391. The minimum atomic E-state index is -0.268. The SMILES string of the molecule is COc1ccc(C(C)=O)cc1CSCC(=O)NNC(=O)C12CC3CC(CC(C3)C1)C2. The van der Waals surface area contributed by atoms with Crippen LogP contribution < -0.4 is 15.6 Å². The Morgan fingerprint density at radius 3 is 2.27 bits per heavy atom. The summed E-state index contributed by atoms with van der Waals surface area (Å²) >= 11 is 1.42. The van der Waals surface area contributed by atoms with Crippen molar-refractivity contribution in [3.8, 4) is 5.75 Å². The van der Waals surface area contributed by atoms with Gasteiger partial charge in [-0.2, -0.15) is 0 Å². The zero-order chi connectivity index (χ0) is 21.3. The summed E-state index contributed by atoms with van der Waals surface area (Å²) in [5.74, 6) is 3.29. The fourth-order valence-corrected chi connectivity index (χ4v) is 6.85. The van der Waals surface area contributed by atoms with Gasteiger partial charge in [-0.1, -0.05) is 0 Å². The van der Waals surface area contributed by atoms with E-state index >= 15 is 0 Å². The van der Waals surface area contributed by atoms with Gasteiger partial charge in [0.2, 0.25) is 11.8 Å². The molecule has 0 unspecified atom stereocenters. The van der Waals surface area contributed by atoms with Crippen molar-refractivity contribution in [3.05, 3.63) is 29.3 Å². The van der Waals surface area contributed by atoms with Crippen LogP contribution in [0.25, 0.3) is 0 Å². The summed E-state index contributed by atoms with van der Waals surface area (Å²) in [6.07, 6.45) is 6.77. The maximum atomic E-state index is 12.9. The molecular weight excluding hydrogens is 400 g/mol. The number of thioether (sulfide) groups is 1. The molecule has 2 N–H and O–H groups in total. The van der Waals surface area contributed by atoms with Crippen LogP contribution in [-0.2, 0) is 15.3 Å². The molecule has 4 aliphatic rings. The summed E-state index contributed by atoms with van der Waals surface area (Å²) in [6.45, 7) is 1.53. The molecule has 0 heterocycles. The van der Waals surface area contributed by atoms with E-state index in [0.717, 1.165) is 24.8 Å². The highest BCUT2D eigenvalue weighted by atomic mass is 32.2. The van der Waals surface area contributed by atoms with Crippen LogP contribution in [0.3, 0.4) is 0 Å². The second kappa shape index (κ2) is 8.61. The number of carbonyl (C=O) groups is 3. The molecule has 0 atom stereocenters. The molecule has 4 fully saturated rings. The number of methoxy groups -OCH3 is 1. The predicted octanol–water partition coefficient (Wildman–Crippen LogP) is 3.49. The third-order valence-electron chi connectivity index (χ3n) is 7.01. The summed E-state index contributed by atoms with van der Waals surface area (Å²) < 4.78 is 5.35. The average molecular weight is 431 g/mol. The molecule has 6 nitrogen and oxygen atoms in total. The van der Waals surface area contributed by atoms with Crippen LogP contribution in [0.1, 0.15) is 61.4 Å². The van der Waals surface area contributed by atoms with Crippen LogP contribution in [0.4, 0.5) is 0 Å². The molecule has 0 aromatic heterocycles. The van der Waals surface area contributed by atoms with Gasteiger partial charge in [0.1, 0.15) is 5.75 Å². The standard InChI is InChI=1S/C23H30N2O4S/c1-14(26)18-3-4-20(29-2)19(8-18)12-30-13-21(27)24-25-22(28)23-9-15-5-16(10-23)7-17(6-15)11-23/h3-4,8,15-17H,5-7,9-13H2,1-2H3,(H,24,27)(H,25,28). The van der Waals surface area contributed by atoms with Gasteiger partial charge in [0.15, 0.2) is 5.78 Å². The number of hydrogen-bond acceptors (Lipinski definition) is 5. The Hall–Kier alpha value is -2.02. The molecule has 30 heavy (non-hydrogen) atoms. The normalized spacial score (nSPS) is 28.8. The maximum Gasteiger partial charge on any atom is 0.248 e. The summed E-state index contributed by atoms with van der Waals surface area (Å²) in [5.41, 5.74) is 6.55. The lowest BCUT2D eigenvalue weighted by Gasteiger charge is -2.55.